The summed E-state index contributed by atoms with van der Waals surface area (Å²) >= 11 is 0. The Labute approximate surface area is 183 Å². The van der Waals surface area contributed by atoms with Crippen molar-refractivity contribution in [1.82, 2.24) is 19.8 Å². The van der Waals surface area contributed by atoms with Gasteiger partial charge in [0.2, 0.25) is 5.91 Å². The second-order valence-electron chi connectivity index (χ2n) is 8.35. The Bertz CT molecular complexity index is 938. The normalized spacial score (nSPS) is 18.8. The second-order valence-corrected chi connectivity index (χ2v) is 8.35. The van der Waals surface area contributed by atoms with Gasteiger partial charge in [-0.1, -0.05) is 12.1 Å². The van der Waals surface area contributed by atoms with E-state index in [2.05, 4.69) is 9.97 Å². The average Bonchev–Trinajstić information content (AvgIpc) is 3.30. The van der Waals surface area contributed by atoms with Crippen LogP contribution < -0.4 is 4.74 Å². The zero-order valence-corrected chi connectivity index (χ0v) is 18.3. The highest BCUT2D eigenvalue weighted by atomic mass is 16.5. The maximum atomic E-state index is 13.0. The van der Waals surface area contributed by atoms with Gasteiger partial charge in [-0.15, -0.1) is 0 Å². The molecule has 0 aliphatic carbocycles. The number of ether oxygens (including phenoxy) is 1. The zero-order valence-electron chi connectivity index (χ0n) is 18.3. The van der Waals surface area contributed by atoms with E-state index in [4.69, 9.17) is 4.74 Å². The molecule has 0 radical (unpaired) electrons. The van der Waals surface area contributed by atoms with E-state index in [-0.39, 0.29) is 17.9 Å². The summed E-state index contributed by atoms with van der Waals surface area (Å²) in [4.78, 5) is 38.8. The standard InChI is InChI=1S/C24H30N4O3/c1-17-20(24(30)27-12-4-3-5-13-27)16-25-23(26-17)21-7-6-14-28(21)22(29)15-18-8-10-19(31-2)11-9-18/h8-11,16,21H,3-7,12-15H2,1-2H3/t21-/m0/s1. The van der Waals surface area contributed by atoms with Crippen molar-refractivity contribution in [3.63, 3.8) is 0 Å². The first-order valence-corrected chi connectivity index (χ1v) is 11.1. The number of rotatable bonds is 5. The molecule has 164 valence electrons. The van der Waals surface area contributed by atoms with Crippen molar-refractivity contribution in [2.45, 2.75) is 51.5 Å². The Hall–Kier alpha value is -2.96. The molecule has 1 aromatic carbocycles. The molecule has 0 bridgehead atoms. The fourth-order valence-corrected chi connectivity index (χ4v) is 4.48. The smallest absolute Gasteiger partial charge is 0.257 e. The number of aromatic nitrogens is 2. The van der Waals surface area contributed by atoms with E-state index >= 15 is 0 Å². The van der Waals surface area contributed by atoms with Crippen LogP contribution in [-0.4, -0.2) is 58.3 Å². The number of aryl methyl sites for hydroxylation is 1. The largest absolute Gasteiger partial charge is 0.497 e. The SMILES string of the molecule is COc1ccc(CC(=O)N2CCC[C@H]2c2ncc(C(=O)N3CCCCC3)c(C)n2)cc1. The number of hydrogen-bond donors (Lipinski definition) is 0. The molecule has 2 aromatic rings. The lowest BCUT2D eigenvalue weighted by atomic mass is 10.1. The van der Waals surface area contributed by atoms with Crippen LogP contribution in [0.15, 0.2) is 30.5 Å². The average molecular weight is 423 g/mol. The zero-order chi connectivity index (χ0) is 21.8. The summed E-state index contributed by atoms with van der Waals surface area (Å²) in [5, 5.41) is 0. The molecule has 1 aromatic heterocycles. The van der Waals surface area contributed by atoms with Gasteiger partial charge in [-0.3, -0.25) is 9.59 Å². The number of carbonyl (C=O) groups excluding carboxylic acids is 2. The molecule has 3 heterocycles. The van der Waals surface area contributed by atoms with Crippen molar-refractivity contribution in [2.75, 3.05) is 26.7 Å². The third kappa shape index (κ3) is 4.70. The maximum Gasteiger partial charge on any atom is 0.257 e. The molecule has 4 rings (SSSR count). The first-order valence-electron chi connectivity index (χ1n) is 11.1. The van der Waals surface area contributed by atoms with E-state index in [9.17, 15) is 9.59 Å². The van der Waals surface area contributed by atoms with E-state index in [1.807, 2.05) is 41.0 Å². The third-order valence-electron chi connectivity index (χ3n) is 6.26. The van der Waals surface area contributed by atoms with Crippen LogP contribution in [-0.2, 0) is 11.2 Å². The van der Waals surface area contributed by atoms with Gasteiger partial charge in [0.1, 0.15) is 5.75 Å². The number of carbonyl (C=O) groups is 2. The van der Waals surface area contributed by atoms with Crippen molar-refractivity contribution in [3.8, 4) is 5.75 Å². The molecule has 0 saturated carbocycles. The molecular formula is C24H30N4O3. The van der Waals surface area contributed by atoms with E-state index in [0.717, 1.165) is 50.1 Å². The van der Waals surface area contributed by atoms with E-state index in [0.29, 0.717) is 30.0 Å². The first-order chi connectivity index (χ1) is 15.1. The van der Waals surface area contributed by atoms with Gasteiger partial charge in [-0.05, 0) is 56.7 Å². The quantitative estimate of drug-likeness (QED) is 0.739. The van der Waals surface area contributed by atoms with Crippen molar-refractivity contribution in [2.24, 2.45) is 0 Å². The molecular weight excluding hydrogens is 392 g/mol. The fourth-order valence-electron chi connectivity index (χ4n) is 4.48. The van der Waals surface area contributed by atoms with Gasteiger partial charge in [0.05, 0.1) is 30.8 Å². The van der Waals surface area contributed by atoms with Crippen LogP contribution in [0.3, 0.4) is 0 Å². The lowest BCUT2D eigenvalue weighted by Crippen LogP contribution is -2.36. The van der Waals surface area contributed by atoms with Gasteiger partial charge >= 0.3 is 0 Å². The predicted octanol–water partition coefficient (Wildman–Crippen LogP) is 3.33. The highest BCUT2D eigenvalue weighted by Gasteiger charge is 2.32. The van der Waals surface area contributed by atoms with Gasteiger partial charge in [-0.2, -0.15) is 0 Å². The maximum absolute atomic E-state index is 13.0. The van der Waals surface area contributed by atoms with Crippen molar-refractivity contribution in [1.29, 1.82) is 0 Å². The Kier molecular flexibility index (Phi) is 6.49. The number of piperidine rings is 1. The molecule has 0 spiro atoms. The minimum atomic E-state index is -0.136. The van der Waals surface area contributed by atoms with Gasteiger partial charge in [0.25, 0.3) is 5.91 Å². The van der Waals surface area contributed by atoms with Gasteiger partial charge < -0.3 is 14.5 Å². The van der Waals surface area contributed by atoms with Crippen LogP contribution in [0.5, 0.6) is 5.75 Å². The Morgan fingerprint density at radius 2 is 1.81 bits per heavy atom. The van der Waals surface area contributed by atoms with E-state index in [1.165, 1.54) is 6.42 Å². The highest BCUT2D eigenvalue weighted by molar-refractivity contribution is 5.95. The van der Waals surface area contributed by atoms with Crippen molar-refractivity contribution >= 4 is 11.8 Å². The molecule has 2 fully saturated rings. The van der Waals surface area contributed by atoms with Gasteiger partial charge in [-0.25, -0.2) is 9.97 Å². The minimum absolute atomic E-state index is 0.0163. The van der Waals surface area contributed by atoms with Crippen LogP contribution in [0, 0.1) is 6.92 Å². The monoisotopic (exact) mass is 422 g/mol. The molecule has 0 unspecified atom stereocenters. The second kappa shape index (κ2) is 9.45. The number of nitrogens with zero attached hydrogens (tertiary/aromatic N) is 4. The van der Waals surface area contributed by atoms with Crippen molar-refractivity contribution < 1.29 is 14.3 Å². The lowest BCUT2D eigenvalue weighted by Gasteiger charge is -2.27. The topological polar surface area (TPSA) is 75.6 Å². The Morgan fingerprint density at radius 3 is 2.48 bits per heavy atom. The van der Waals surface area contributed by atoms with Gasteiger partial charge in [0, 0.05) is 25.8 Å². The summed E-state index contributed by atoms with van der Waals surface area (Å²) in [5.74, 6) is 1.50. The summed E-state index contributed by atoms with van der Waals surface area (Å²) in [6, 6.07) is 7.44. The van der Waals surface area contributed by atoms with E-state index in [1.54, 1.807) is 13.3 Å². The molecule has 2 saturated heterocycles. The molecule has 2 aliphatic rings. The molecule has 0 N–H and O–H groups in total. The van der Waals surface area contributed by atoms with Crippen LogP contribution in [0.25, 0.3) is 0 Å². The molecule has 2 aliphatic heterocycles. The summed E-state index contributed by atoms with van der Waals surface area (Å²) in [5.41, 5.74) is 2.21. The summed E-state index contributed by atoms with van der Waals surface area (Å²) in [6.07, 6.45) is 7.04. The summed E-state index contributed by atoms with van der Waals surface area (Å²) < 4.78 is 5.19. The molecule has 2 amide bonds. The first kappa shape index (κ1) is 21.3. The van der Waals surface area contributed by atoms with E-state index < -0.39 is 0 Å². The number of amides is 2. The highest BCUT2D eigenvalue weighted by Crippen LogP contribution is 2.31. The number of benzene rings is 1. The van der Waals surface area contributed by atoms with Gasteiger partial charge in [0.15, 0.2) is 5.82 Å². The summed E-state index contributed by atoms with van der Waals surface area (Å²) in [7, 11) is 1.63. The predicted molar refractivity (Wildman–Crippen MR) is 117 cm³/mol. The number of likely N-dealkylation sites (tertiary alicyclic amines) is 2. The molecule has 1 atom stereocenters. The minimum Gasteiger partial charge on any atom is -0.497 e. The molecule has 7 heteroatoms. The Balaban J connectivity index is 1.46. The van der Waals surface area contributed by atoms with Crippen LogP contribution >= 0.6 is 0 Å². The number of methoxy groups -OCH3 is 1. The van der Waals surface area contributed by atoms with Crippen LogP contribution in [0.2, 0.25) is 0 Å². The lowest BCUT2D eigenvalue weighted by molar-refractivity contribution is -0.131. The molecule has 31 heavy (non-hydrogen) atoms. The van der Waals surface area contributed by atoms with Crippen LogP contribution in [0.1, 0.15) is 65.6 Å². The molecule has 7 nitrogen and oxygen atoms in total. The number of hydrogen-bond acceptors (Lipinski definition) is 5. The van der Waals surface area contributed by atoms with Crippen molar-refractivity contribution in [3.05, 3.63) is 53.1 Å². The third-order valence-corrected chi connectivity index (χ3v) is 6.26. The summed E-state index contributed by atoms with van der Waals surface area (Å²) in [6.45, 7) is 4.17. The van der Waals surface area contributed by atoms with Crippen LogP contribution in [0.4, 0.5) is 0 Å². The fraction of sp³-hybridized carbons (Fsp3) is 0.500. The Morgan fingerprint density at radius 1 is 1.06 bits per heavy atom.